The van der Waals surface area contributed by atoms with Crippen molar-refractivity contribution in [1.82, 2.24) is 29.8 Å². The summed E-state index contributed by atoms with van der Waals surface area (Å²) in [7, 11) is -0.698. The van der Waals surface area contributed by atoms with E-state index in [9.17, 15) is 17.6 Å². The first-order chi connectivity index (χ1) is 13.3. The molecule has 0 radical (unpaired) electrons. The molecule has 0 saturated heterocycles. The smallest absolute Gasteiger partial charge is 0.251 e. The Bertz CT molecular complexity index is 1080. The molecule has 9 nitrogen and oxygen atoms in total. The van der Waals surface area contributed by atoms with E-state index in [1.54, 1.807) is 0 Å². The van der Waals surface area contributed by atoms with Crippen LogP contribution in [0, 0.1) is 5.82 Å². The average Bonchev–Trinajstić information content (AvgIpc) is 3.15. The molecule has 146 valence electrons. The van der Waals surface area contributed by atoms with Gasteiger partial charge in [0, 0.05) is 19.7 Å². The number of halogens is 1. The van der Waals surface area contributed by atoms with Crippen LogP contribution in [-0.4, -0.2) is 52.9 Å². The number of carbonyl (C=O) groups excluding carboxylic acids is 1. The van der Waals surface area contributed by atoms with Crippen molar-refractivity contribution >= 4 is 15.9 Å². The Morgan fingerprint density at radius 3 is 2.36 bits per heavy atom. The molecule has 0 bridgehead atoms. The van der Waals surface area contributed by atoms with Crippen LogP contribution < -0.4 is 5.32 Å². The van der Waals surface area contributed by atoms with E-state index in [1.807, 2.05) is 0 Å². The molecule has 0 unspecified atom stereocenters. The zero-order valence-corrected chi connectivity index (χ0v) is 15.9. The molecular weight excluding hydrogens is 387 g/mol. The first kappa shape index (κ1) is 19.6. The van der Waals surface area contributed by atoms with Crippen LogP contribution in [0.4, 0.5) is 4.39 Å². The number of nitrogens with zero attached hydrogens (tertiary/aromatic N) is 5. The molecule has 1 aromatic heterocycles. The lowest BCUT2D eigenvalue weighted by Crippen LogP contribution is -2.25. The molecule has 28 heavy (non-hydrogen) atoms. The van der Waals surface area contributed by atoms with Crippen LogP contribution in [0.1, 0.15) is 16.2 Å². The van der Waals surface area contributed by atoms with Gasteiger partial charge in [0.1, 0.15) is 5.82 Å². The molecule has 0 fully saturated rings. The monoisotopic (exact) mass is 404 g/mol. The maximum Gasteiger partial charge on any atom is 0.251 e. The number of aromatic nitrogens is 4. The van der Waals surface area contributed by atoms with Gasteiger partial charge in [0.05, 0.1) is 17.1 Å². The summed E-state index contributed by atoms with van der Waals surface area (Å²) < 4.78 is 39.7. The number of nitrogens with one attached hydrogen (secondary N) is 1. The van der Waals surface area contributed by atoms with Crippen molar-refractivity contribution in [2.75, 3.05) is 14.1 Å². The van der Waals surface area contributed by atoms with Gasteiger partial charge in [0.25, 0.3) is 5.91 Å². The molecule has 3 rings (SSSR count). The highest BCUT2D eigenvalue weighted by Gasteiger charge is 2.18. The second-order valence-corrected chi connectivity index (χ2v) is 8.13. The number of benzene rings is 2. The van der Waals surface area contributed by atoms with Crippen molar-refractivity contribution in [2.45, 2.75) is 11.4 Å². The van der Waals surface area contributed by atoms with Crippen molar-refractivity contribution < 1.29 is 17.6 Å². The molecule has 2 aromatic carbocycles. The van der Waals surface area contributed by atoms with Crippen molar-refractivity contribution in [3.63, 3.8) is 0 Å². The third-order valence-electron chi connectivity index (χ3n) is 3.91. The lowest BCUT2D eigenvalue weighted by atomic mass is 10.2. The number of tetrazole rings is 1. The standard InChI is InChI=1S/C17H17FN6O3S/c1-23(2)28(26,27)15-9-3-12(4-10-15)17(25)19-11-16-20-21-22-24(16)14-7-5-13(18)6-8-14/h3-10H,11H2,1-2H3,(H,19,25). The maximum absolute atomic E-state index is 13.1. The van der Waals surface area contributed by atoms with Gasteiger partial charge in [-0.1, -0.05) is 0 Å². The van der Waals surface area contributed by atoms with Crippen LogP contribution in [0.25, 0.3) is 5.69 Å². The normalized spacial score (nSPS) is 11.6. The fraction of sp³-hybridized carbons (Fsp3) is 0.176. The van der Waals surface area contributed by atoms with Crippen molar-refractivity contribution in [3.8, 4) is 5.69 Å². The fourth-order valence-corrected chi connectivity index (χ4v) is 3.25. The minimum atomic E-state index is -3.56. The summed E-state index contributed by atoms with van der Waals surface area (Å²) in [6.07, 6.45) is 0. The van der Waals surface area contributed by atoms with E-state index in [0.29, 0.717) is 17.1 Å². The number of carbonyl (C=O) groups is 1. The molecular formula is C17H17FN6O3S. The molecule has 1 N–H and O–H groups in total. The van der Waals surface area contributed by atoms with Crippen molar-refractivity contribution in [1.29, 1.82) is 0 Å². The van der Waals surface area contributed by atoms with Crippen LogP contribution >= 0.6 is 0 Å². The van der Waals surface area contributed by atoms with Gasteiger partial charge in [-0.05, 0) is 59.0 Å². The lowest BCUT2D eigenvalue weighted by Gasteiger charge is -2.11. The molecule has 0 spiro atoms. The van der Waals surface area contributed by atoms with E-state index >= 15 is 0 Å². The van der Waals surface area contributed by atoms with Gasteiger partial charge in [0.15, 0.2) is 5.82 Å². The van der Waals surface area contributed by atoms with Crippen LogP contribution in [0.2, 0.25) is 0 Å². The maximum atomic E-state index is 13.1. The largest absolute Gasteiger partial charge is 0.345 e. The van der Waals surface area contributed by atoms with E-state index in [-0.39, 0.29) is 17.3 Å². The van der Waals surface area contributed by atoms with E-state index in [2.05, 4.69) is 20.8 Å². The Balaban J connectivity index is 1.70. The van der Waals surface area contributed by atoms with E-state index in [0.717, 1.165) is 4.31 Å². The minimum absolute atomic E-state index is 0.0287. The van der Waals surface area contributed by atoms with E-state index in [1.165, 1.54) is 67.3 Å². The summed E-state index contributed by atoms with van der Waals surface area (Å²) in [6, 6.07) is 11.2. The summed E-state index contributed by atoms with van der Waals surface area (Å²) >= 11 is 0. The average molecular weight is 404 g/mol. The Kier molecular flexibility index (Phi) is 5.47. The van der Waals surface area contributed by atoms with Crippen LogP contribution in [0.5, 0.6) is 0 Å². The summed E-state index contributed by atoms with van der Waals surface area (Å²) in [5, 5.41) is 13.9. The third kappa shape index (κ3) is 4.05. The number of sulfonamides is 1. The van der Waals surface area contributed by atoms with Crippen molar-refractivity contribution in [2.24, 2.45) is 0 Å². The molecule has 1 heterocycles. The second kappa shape index (κ2) is 7.82. The number of hydrogen-bond donors (Lipinski definition) is 1. The molecule has 0 aliphatic carbocycles. The van der Waals surface area contributed by atoms with Gasteiger partial charge in [-0.2, -0.15) is 4.68 Å². The highest BCUT2D eigenvalue weighted by molar-refractivity contribution is 7.89. The summed E-state index contributed by atoms with van der Waals surface area (Å²) in [5.74, 6) is -0.444. The summed E-state index contributed by atoms with van der Waals surface area (Å²) in [5.41, 5.74) is 0.840. The highest BCUT2D eigenvalue weighted by Crippen LogP contribution is 2.14. The van der Waals surface area contributed by atoms with Gasteiger partial charge in [-0.15, -0.1) is 5.10 Å². The summed E-state index contributed by atoms with van der Waals surface area (Å²) in [4.78, 5) is 12.4. The van der Waals surface area contributed by atoms with E-state index < -0.39 is 15.9 Å². The third-order valence-corrected chi connectivity index (χ3v) is 5.74. The molecule has 1 amide bonds. The predicted octanol–water partition coefficient (Wildman–Crippen LogP) is 0.982. The van der Waals surface area contributed by atoms with Crippen LogP contribution in [0.15, 0.2) is 53.4 Å². The van der Waals surface area contributed by atoms with E-state index in [4.69, 9.17) is 0 Å². The second-order valence-electron chi connectivity index (χ2n) is 5.98. The Hall–Kier alpha value is -3.18. The topological polar surface area (TPSA) is 110 Å². The quantitative estimate of drug-likeness (QED) is 0.656. The van der Waals surface area contributed by atoms with Gasteiger partial charge in [-0.3, -0.25) is 4.79 Å². The van der Waals surface area contributed by atoms with Gasteiger partial charge in [0.2, 0.25) is 10.0 Å². The zero-order chi connectivity index (χ0) is 20.3. The molecule has 0 atom stereocenters. The Labute approximate surface area is 160 Å². The first-order valence-corrected chi connectivity index (χ1v) is 9.57. The zero-order valence-electron chi connectivity index (χ0n) is 15.1. The molecule has 0 aliphatic heterocycles. The summed E-state index contributed by atoms with van der Waals surface area (Å²) in [6.45, 7) is 0.0287. The predicted molar refractivity (Wildman–Crippen MR) is 97.6 cm³/mol. The Morgan fingerprint density at radius 1 is 1.11 bits per heavy atom. The van der Waals surface area contributed by atoms with Gasteiger partial charge >= 0.3 is 0 Å². The number of rotatable bonds is 6. The number of amides is 1. The highest BCUT2D eigenvalue weighted by atomic mass is 32.2. The fourth-order valence-electron chi connectivity index (χ4n) is 2.35. The Morgan fingerprint density at radius 2 is 1.75 bits per heavy atom. The minimum Gasteiger partial charge on any atom is -0.345 e. The molecule has 0 aliphatic rings. The van der Waals surface area contributed by atoms with Gasteiger partial charge < -0.3 is 5.32 Å². The molecule has 11 heteroatoms. The van der Waals surface area contributed by atoms with Gasteiger partial charge in [-0.25, -0.2) is 17.1 Å². The number of hydrogen-bond acceptors (Lipinski definition) is 6. The molecule has 3 aromatic rings. The lowest BCUT2D eigenvalue weighted by molar-refractivity contribution is 0.0949. The first-order valence-electron chi connectivity index (χ1n) is 8.13. The SMILES string of the molecule is CN(C)S(=O)(=O)c1ccc(C(=O)NCc2nnnn2-c2ccc(F)cc2)cc1. The van der Waals surface area contributed by atoms with Crippen molar-refractivity contribution in [3.05, 3.63) is 65.7 Å². The van der Waals surface area contributed by atoms with Crippen LogP contribution in [0.3, 0.4) is 0 Å². The molecule has 0 saturated carbocycles. The van der Waals surface area contributed by atoms with Crippen LogP contribution in [-0.2, 0) is 16.6 Å².